The van der Waals surface area contributed by atoms with Gasteiger partial charge in [-0.15, -0.1) is 0 Å². The number of hydrogen-bond acceptors (Lipinski definition) is 5. The van der Waals surface area contributed by atoms with E-state index in [0.29, 0.717) is 6.61 Å². The molecule has 0 amide bonds. The molecule has 0 aliphatic carbocycles. The zero-order chi connectivity index (χ0) is 14.1. The lowest BCUT2D eigenvalue weighted by molar-refractivity contribution is -0.329. The van der Waals surface area contributed by atoms with Crippen LogP contribution in [0.3, 0.4) is 0 Å². The van der Waals surface area contributed by atoms with Gasteiger partial charge in [-0.1, -0.05) is 30.3 Å². The van der Waals surface area contributed by atoms with Crippen LogP contribution >= 0.6 is 0 Å². The molecule has 2 saturated heterocycles. The van der Waals surface area contributed by atoms with E-state index < -0.39 is 18.5 Å². The molecule has 0 saturated carbocycles. The monoisotopic (exact) mass is 280 g/mol. The highest BCUT2D eigenvalue weighted by Crippen LogP contribution is 2.34. The van der Waals surface area contributed by atoms with Gasteiger partial charge in [0.2, 0.25) is 0 Å². The van der Waals surface area contributed by atoms with Crippen molar-refractivity contribution >= 4 is 0 Å². The summed E-state index contributed by atoms with van der Waals surface area (Å²) in [6.07, 6.45) is -2.38. The predicted molar refractivity (Wildman–Crippen MR) is 71.1 cm³/mol. The van der Waals surface area contributed by atoms with E-state index >= 15 is 0 Å². The van der Waals surface area contributed by atoms with Crippen LogP contribution in [0.15, 0.2) is 30.3 Å². The Morgan fingerprint density at radius 3 is 2.65 bits per heavy atom. The fourth-order valence-electron chi connectivity index (χ4n) is 2.83. The van der Waals surface area contributed by atoms with Crippen LogP contribution in [-0.4, -0.2) is 49.3 Å². The van der Waals surface area contributed by atoms with Gasteiger partial charge in [-0.25, -0.2) is 0 Å². The first-order valence-electron chi connectivity index (χ1n) is 6.89. The first kappa shape index (κ1) is 14.0. The first-order valence-corrected chi connectivity index (χ1v) is 6.89. The van der Waals surface area contributed by atoms with Gasteiger partial charge in [0.1, 0.15) is 24.4 Å². The molecular weight excluding hydrogens is 260 g/mol. The maximum absolute atomic E-state index is 10.2. The second kappa shape index (κ2) is 5.79. The van der Waals surface area contributed by atoms with Crippen molar-refractivity contribution in [2.24, 2.45) is 0 Å². The molecule has 2 aliphatic heterocycles. The minimum absolute atomic E-state index is 0.210. The van der Waals surface area contributed by atoms with Crippen molar-refractivity contribution < 1.29 is 24.1 Å². The SMILES string of the molecule is COC1C(O)C(C)OC2COC(c3ccccc3)OC21. The Bertz CT molecular complexity index is 437. The minimum Gasteiger partial charge on any atom is -0.388 e. The summed E-state index contributed by atoms with van der Waals surface area (Å²) in [5.41, 5.74) is 0.953. The highest BCUT2D eigenvalue weighted by atomic mass is 16.7. The molecule has 5 nitrogen and oxygen atoms in total. The number of rotatable bonds is 2. The van der Waals surface area contributed by atoms with Crippen LogP contribution in [0, 0.1) is 0 Å². The van der Waals surface area contributed by atoms with E-state index in [-0.39, 0.29) is 18.3 Å². The van der Waals surface area contributed by atoms with E-state index in [2.05, 4.69) is 0 Å². The molecule has 5 heteroatoms. The van der Waals surface area contributed by atoms with Crippen LogP contribution in [0.1, 0.15) is 18.8 Å². The van der Waals surface area contributed by atoms with Crippen molar-refractivity contribution in [1.29, 1.82) is 0 Å². The Morgan fingerprint density at radius 1 is 1.20 bits per heavy atom. The molecule has 6 unspecified atom stereocenters. The summed E-state index contributed by atoms with van der Waals surface area (Å²) in [6.45, 7) is 2.26. The lowest BCUT2D eigenvalue weighted by Crippen LogP contribution is -2.61. The van der Waals surface area contributed by atoms with Gasteiger partial charge in [-0.3, -0.25) is 0 Å². The summed E-state index contributed by atoms with van der Waals surface area (Å²) in [5, 5.41) is 10.2. The van der Waals surface area contributed by atoms with Crippen LogP contribution in [0.4, 0.5) is 0 Å². The zero-order valence-corrected chi connectivity index (χ0v) is 11.6. The molecule has 1 aromatic rings. The summed E-state index contributed by atoms with van der Waals surface area (Å²) >= 11 is 0. The van der Waals surface area contributed by atoms with Crippen molar-refractivity contribution in [2.45, 2.75) is 43.7 Å². The summed E-state index contributed by atoms with van der Waals surface area (Å²) in [6, 6.07) is 9.74. The number of aliphatic hydroxyl groups excluding tert-OH is 1. The van der Waals surface area contributed by atoms with Crippen molar-refractivity contribution in [3.8, 4) is 0 Å². The molecule has 1 N–H and O–H groups in total. The molecule has 20 heavy (non-hydrogen) atoms. The zero-order valence-electron chi connectivity index (χ0n) is 11.6. The van der Waals surface area contributed by atoms with E-state index in [1.807, 2.05) is 37.3 Å². The molecule has 110 valence electrons. The van der Waals surface area contributed by atoms with E-state index in [9.17, 15) is 5.11 Å². The normalized spacial score (nSPS) is 41.1. The third-order valence-corrected chi connectivity index (χ3v) is 3.93. The van der Waals surface area contributed by atoms with Crippen LogP contribution in [0.5, 0.6) is 0 Å². The van der Waals surface area contributed by atoms with Crippen LogP contribution in [0.25, 0.3) is 0 Å². The first-order chi connectivity index (χ1) is 9.70. The Morgan fingerprint density at radius 2 is 1.95 bits per heavy atom. The molecule has 2 fully saturated rings. The number of ether oxygens (including phenoxy) is 4. The maximum atomic E-state index is 10.2. The van der Waals surface area contributed by atoms with Crippen molar-refractivity contribution in [1.82, 2.24) is 0 Å². The van der Waals surface area contributed by atoms with E-state index in [1.165, 1.54) is 0 Å². The average molecular weight is 280 g/mol. The lowest BCUT2D eigenvalue weighted by atomic mass is 9.94. The van der Waals surface area contributed by atoms with Crippen LogP contribution < -0.4 is 0 Å². The second-order valence-electron chi connectivity index (χ2n) is 5.25. The van der Waals surface area contributed by atoms with Gasteiger partial charge in [0.05, 0.1) is 12.7 Å². The number of benzene rings is 1. The molecule has 2 aliphatic rings. The standard InChI is InChI=1S/C15H20O5/c1-9-12(16)14(17-2)13-11(19-9)8-18-15(20-13)10-6-4-3-5-7-10/h3-7,9,11-16H,8H2,1-2H3. The molecule has 3 rings (SSSR count). The van der Waals surface area contributed by atoms with Gasteiger partial charge in [-0.05, 0) is 6.92 Å². The highest BCUT2D eigenvalue weighted by Gasteiger charge is 2.48. The third kappa shape index (κ3) is 2.47. The van der Waals surface area contributed by atoms with Crippen molar-refractivity contribution in [2.75, 3.05) is 13.7 Å². The Kier molecular flexibility index (Phi) is 4.05. The second-order valence-corrected chi connectivity index (χ2v) is 5.25. The minimum atomic E-state index is -0.698. The highest BCUT2D eigenvalue weighted by molar-refractivity contribution is 5.16. The molecule has 0 aromatic heterocycles. The van der Waals surface area contributed by atoms with Gasteiger partial charge in [0.15, 0.2) is 6.29 Å². The van der Waals surface area contributed by atoms with Crippen molar-refractivity contribution in [3.63, 3.8) is 0 Å². The van der Waals surface area contributed by atoms with Gasteiger partial charge < -0.3 is 24.1 Å². The summed E-state index contributed by atoms with van der Waals surface area (Å²) < 4.78 is 22.8. The van der Waals surface area contributed by atoms with E-state index in [1.54, 1.807) is 7.11 Å². The molecule has 1 aromatic carbocycles. The van der Waals surface area contributed by atoms with E-state index in [0.717, 1.165) is 5.56 Å². The molecule has 6 atom stereocenters. The average Bonchev–Trinajstić information content (AvgIpc) is 2.49. The smallest absolute Gasteiger partial charge is 0.184 e. The van der Waals surface area contributed by atoms with E-state index in [4.69, 9.17) is 18.9 Å². The Balaban J connectivity index is 1.78. The molecule has 0 spiro atoms. The molecule has 2 heterocycles. The number of hydrogen-bond donors (Lipinski definition) is 1. The van der Waals surface area contributed by atoms with Gasteiger partial charge >= 0.3 is 0 Å². The summed E-state index contributed by atoms with van der Waals surface area (Å²) in [7, 11) is 1.58. The van der Waals surface area contributed by atoms with Gasteiger partial charge in [-0.2, -0.15) is 0 Å². The molecular formula is C15H20O5. The van der Waals surface area contributed by atoms with Gasteiger partial charge in [0.25, 0.3) is 0 Å². The van der Waals surface area contributed by atoms with Crippen molar-refractivity contribution in [3.05, 3.63) is 35.9 Å². The fraction of sp³-hybridized carbons (Fsp3) is 0.600. The van der Waals surface area contributed by atoms with Gasteiger partial charge in [0, 0.05) is 12.7 Å². The number of aliphatic hydroxyl groups is 1. The predicted octanol–water partition coefficient (Wildman–Crippen LogP) is 1.26. The quantitative estimate of drug-likeness (QED) is 0.884. The number of methoxy groups -OCH3 is 1. The number of fused-ring (bicyclic) bond motifs is 1. The Labute approximate surface area is 118 Å². The summed E-state index contributed by atoms with van der Waals surface area (Å²) in [5.74, 6) is 0. The topological polar surface area (TPSA) is 57.2 Å². The summed E-state index contributed by atoms with van der Waals surface area (Å²) in [4.78, 5) is 0. The fourth-order valence-corrected chi connectivity index (χ4v) is 2.83. The van der Waals surface area contributed by atoms with Crippen LogP contribution in [0.2, 0.25) is 0 Å². The molecule has 0 bridgehead atoms. The Hall–Kier alpha value is -0.980. The third-order valence-electron chi connectivity index (χ3n) is 3.93. The maximum Gasteiger partial charge on any atom is 0.184 e. The lowest BCUT2D eigenvalue weighted by Gasteiger charge is -2.47. The van der Waals surface area contributed by atoms with Crippen LogP contribution in [-0.2, 0) is 18.9 Å². The molecule has 0 radical (unpaired) electrons. The largest absolute Gasteiger partial charge is 0.388 e.